The van der Waals surface area contributed by atoms with Gasteiger partial charge in [0.05, 0.1) is 7.11 Å². The van der Waals surface area contributed by atoms with Gasteiger partial charge in [0.25, 0.3) is 0 Å². The molecular weight excluding hydrogens is 200 g/mol. The number of rotatable bonds is 4. The molecule has 0 saturated heterocycles. The maximum atomic E-state index is 6.05. The van der Waals surface area contributed by atoms with Crippen molar-refractivity contribution >= 4 is 5.69 Å². The van der Waals surface area contributed by atoms with E-state index in [1.54, 1.807) is 7.11 Å². The predicted molar refractivity (Wildman–Crippen MR) is 69.3 cm³/mol. The van der Waals surface area contributed by atoms with E-state index in [4.69, 9.17) is 10.5 Å². The van der Waals surface area contributed by atoms with Crippen molar-refractivity contribution in [1.29, 1.82) is 0 Å². The lowest BCUT2D eigenvalue weighted by molar-refractivity contribution is 0.402. The largest absolute Gasteiger partial charge is 0.496 e. The van der Waals surface area contributed by atoms with Gasteiger partial charge >= 0.3 is 0 Å². The minimum Gasteiger partial charge on any atom is -0.496 e. The Bertz CT molecular complexity index is 353. The number of nitrogens with zero attached hydrogens (tertiary/aromatic N) is 1. The second-order valence-corrected chi connectivity index (χ2v) is 5.06. The molecule has 3 heteroatoms. The highest BCUT2D eigenvalue weighted by atomic mass is 16.5. The van der Waals surface area contributed by atoms with E-state index in [1.807, 2.05) is 40.1 Å². The Balaban J connectivity index is 3.07. The smallest absolute Gasteiger partial charge is 0.122 e. The Morgan fingerprint density at radius 2 is 1.94 bits per heavy atom. The second-order valence-electron chi connectivity index (χ2n) is 5.06. The van der Waals surface area contributed by atoms with Crippen molar-refractivity contribution in [2.24, 2.45) is 5.73 Å². The van der Waals surface area contributed by atoms with Gasteiger partial charge < -0.3 is 15.4 Å². The van der Waals surface area contributed by atoms with E-state index in [2.05, 4.69) is 11.0 Å². The zero-order chi connectivity index (χ0) is 12.3. The van der Waals surface area contributed by atoms with Gasteiger partial charge in [-0.3, -0.25) is 0 Å². The van der Waals surface area contributed by atoms with Crippen LogP contribution in [0.4, 0.5) is 5.69 Å². The molecule has 0 fully saturated rings. The fraction of sp³-hybridized carbons (Fsp3) is 0.538. The molecule has 3 nitrogen and oxygen atoms in total. The van der Waals surface area contributed by atoms with Gasteiger partial charge in [-0.2, -0.15) is 0 Å². The standard InChI is InChI=1S/C13H22N2O/c1-13(2,14)9-10-8-11(15(3)4)6-7-12(10)16-5/h6-8H,9,14H2,1-5H3. The van der Waals surface area contributed by atoms with Crippen LogP contribution in [0.1, 0.15) is 19.4 Å². The topological polar surface area (TPSA) is 38.5 Å². The molecule has 0 radical (unpaired) electrons. The van der Waals surface area contributed by atoms with Crippen molar-refractivity contribution in [3.63, 3.8) is 0 Å². The first kappa shape index (κ1) is 12.8. The first-order valence-corrected chi connectivity index (χ1v) is 5.46. The van der Waals surface area contributed by atoms with Crippen LogP contribution in [0.3, 0.4) is 0 Å². The molecule has 0 unspecified atom stereocenters. The number of ether oxygens (including phenoxy) is 1. The molecule has 0 aliphatic heterocycles. The molecular formula is C13H22N2O. The summed E-state index contributed by atoms with van der Waals surface area (Å²) in [4.78, 5) is 2.08. The average Bonchev–Trinajstić information content (AvgIpc) is 2.15. The number of hydrogen-bond acceptors (Lipinski definition) is 3. The van der Waals surface area contributed by atoms with E-state index in [-0.39, 0.29) is 5.54 Å². The maximum Gasteiger partial charge on any atom is 0.122 e. The predicted octanol–water partition coefficient (Wildman–Crippen LogP) is 2.04. The van der Waals surface area contributed by atoms with Gasteiger partial charge in [-0.15, -0.1) is 0 Å². The summed E-state index contributed by atoms with van der Waals surface area (Å²) >= 11 is 0. The van der Waals surface area contributed by atoms with E-state index in [0.29, 0.717) is 0 Å². The molecule has 0 aliphatic rings. The van der Waals surface area contributed by atoms with E-state index >= 15 is 0 Å². The fourth-order valence-electron chi connectivity index (χ4n) is 1.67. The van der Waals surface area contributed by atoms with Crippen LogP contribution in [0.15, 0.2) is 18.2 Å². The van der Waals surface area contributed by atoms with Crippen LogP contribution in [0.2, 0.25) is 0 Å². The molecule has 0 bridgehead atoms. The van der Waals surface area contributed by atoms with E-state index < -0.39 is 0 Å². The number of anilines is 1. The van der Waals surface area contributed by atoms with Gasteiger partial charge in [-0.05, 0) is 44.0 Å². The molecule has 0 amide bonds. The molecule has 16 heavy (non-hydrogen) atoms. The first-order valence-electron chi connectivity index (χ1n) is 5.46. The van der Waals surface area contributed by atoms with E-state index in [9.17, 15) is 0 Å². The molecule has 0 saturated carbocycles. The monoisotopic (exact) mass is 222 g/mol. The van der Waals surface area contributed by atoms with Crippen molar-refractivity contribution in [3.05, 3.63) is 23.8 Å². The Labute approximate surface area is 98.2 Å². The number of benzene rings is 1. The van der Waals surface area contributed by atoms with Gasteiger partial charge in [0.15, 0.2) is 0 Å². The van der Waals surface area contributed by atoms with Gasteiger partial charge in [0.2, 0.25) is 0 Å². The van der Waals surface area contributed by atoms with Crippen LogP contribution in [0.25, 0.3) is 0 Å². The lowest BCUT2D eigenvalue weighted by atomic mass is 9.95. The molecule has 0 aromatic heterocycles. The van der Waals surface area contributed by atoms with Crippen LogP contribution in [-0.2, 0) is 6.42 Å². The highest BCUT2D eigenvalue weighted by Crippen LogP contribution is 2.26. The normalized spacial score (nSPS) is 11.4. The molecule has 0 heterocycles. The Hall–Kier alpha value is -1.22. The lowest BCUT2D eigenvalue weighted by Crippen LogP contribution is -2.34. The molecule has 1 aromatic carbocycles. The Morgan fingerprint density at radius 1 is 1.31 bits per heavy atom. The second kappa shape index (κ2) is 4.74. The summed E-state index contributed by atoms with van der Waals surface area (Å²) in [7, 11) is 5.75. The van der Waals surface area contributed by atoms with Crippen molar-refractivity contribution in [1.82, 2.24) is 0 Å². The van der Waals surface area contributed by atoms with Crippen molar-refractivity contribution in [3.8, 4) is 5.75 Å². The molecule has 0 atom stereocenters. The third-order valence-corrected chi connectivity index (χ3v) is 2.43. The fourth-order valence-corrected chi connectivity index (χ4v) is 1.67. The van der Waals surface area contributed by atoms with Crippen LogP contribution in [0, 0.1) is 0 Å². The van der Waals surface area contributed by atoms with Gasteiger partial charge in [0, 0.05) is 25.3 Å². The molecule has 1 rings (SSSR count). The zero-order valence-electron chi connectivity index (χ0n) is 10.9. The van der Waals surface area contributed by atoms with Crippen LogP contribution in [0.5, 0.6) is 5.75 Å². The summed E-state index contributed by atoms with van der Waals surface area (Å²) in [5.41, 5.74) is 8.14. The van der Waals surface area contributed by atoms with Gasteiger partial charge in [-0.1, -0.05) is 0 Å². The van der Waals surface area contributed by atoms with Gasteiger partial charge in [-0.25, -0.2) is 0 Å². The highest BCUT2D eigenvalue weighted by molar-refractivity contribution is 5.52. The summed E-state index contributed by atoms with van der Waals surface area (Å²) in [6.45, 7) is 4.05. The number of methoxy groups -OCH3 is 1. The quantitative estimate of drug-likeness (QED) is 0.847. The van der Waals surface area contributed by atoms with Crippen molar-refractivity contribution < 1.29 is 4.74 Å². The number of nitrogens with two attached hydrogens (primary N) is 1. The third kappa shape index (κ3) is 3.42. The molecule has 2 N–H and O–H groups in total. The van der Waals surface area contributed by atoms with Crippen LogP contribution in [-0.4, -0.2) is 26.7 Å². The molecule has 0 aliphatic carbocycles. The van der Waals surface area contributed by atoms with Crippen molar-refractivity contribution in [2.45, 2.75) is 25.8 Å². The minimum absolute atomic E-state index is 0.224. The van der Waals surface area contributed by atoms with Gasteiger partial charge in [0.1, 0.15) is 5.75 Å². The lowest BCUT2D eigenvalue weighted by Gasteiger charge is -2.22. The van der Waals surface area contributed by atoms with Crippen LogP contribution < -0.4 is 15.4 Å². The average molecular weight is 222 g/mol. The van der Waals surface area contributed by atoms with E-state index in [1.165, 1.54) is 5.69 Å². The third-order valence-electron chi connectivity index (χ3n) is 2.43. The summed E-state index contributed by atoms with van der Waals surface area (Å²) in [5, 5.41) is 0. The van der Waals surface area contributed by atoms with E-state index in [0.717, 1.165) is 17.7 Å². The number of hydrogen-bond donors (Lipinski definition) is 1. The summed E-state index contributed by atoms with van der Waals surface area (Å²) in [6, 6.07) is 6.18. The first-order chi connectivity index (χ1) is 7.33. The minimum atomic E-state index is -0.224. The Morgan fingerprint density at radius 3 is 2.38 bits per heavy atom. The summed E-state index contributed by atoms with van der Waals surface area (Å²) < 4.78 is 5.35. The maximum absolute atomic E-state index is 6.05. The molecule has 0 spiro atoms. The Kier molecular flexibility index (Phi) is 3.81. The SMILES string of the molecule is COc1ccc(N(C)C)cc1CC(C)(C)N. The summed E-state index contributed by atoms with van der Waals surface area (Å²) in [5.74, 6) is 0.907. The summed E-state index contributed by atoms with van der Waals surface area (Å²) in [6.07, 6.45) is 0.803. The highest BCUT2D eigenvalue weighted by Gasteiger charge is 2.15. The van der Waals surface area contributed by atoms with Crippen LogP contribution >= 0.6 is 0 Å². The molecule has 1 aromatic rings. The van der Waals surface area contributed by atoms with Crippen molar-refractivity contribution in [2.75, 3.05) is 26.1 Å². The molecule has 90 valence electrons. The zero-order valence-corrected chi connectivity index (χ0v) is 10.9.